The fraction of sp³-hybridized carbons (Fsp3) is 0.143. The first kappa shape index (κ1) is 16.8. The molecule has 1 aromatic heterocycles. The molecule has 1 amide bonds. The summed E-state index contributed by atoms with van der Waals surface area (Å²) >= 11 is 0. The van der Waals surface area contributed by atoms with Crippen molar-refractivity contribution in [1.82, 2.24) is 4.98 Å². The van der Waals surface area contributed by atoms with E-state index in [0.29, 0.717) is 12.4 Å². The quantitative estimate of drug-likeness (QED) is 0.681. The number of aromatic nitrogens is 1. The molecule has 126 valence electrons. The Morgan fingerprint density at radius 2 is 1.64 bits per heavy atom. The van der Waals surface area contributed by atoms with Gasteiger partial charge in [-0.15, -0.1) is 0 Å². The molecule has 1 heterocycles. The topological polar surface area (TPSA) is 33.2 Å². The highest BCUT2D eigenvalue weighted by Crippen LogP contribution is 2.19. The molecule has 0 aliphatic heterocycles. The third-order valence-electron chi connectivity index (χ3n) is 4.05. The molecule has 0 spiro atoms. The maximum Gasteiger partial charge on any atom is 0.262 e. The summed E-state index contributed by atoms with van der Waals surface area (Å²) in [6.45, 7) is 2.42. The molecule has 0 fully saturated rings. The van der Waals surface area contributed by atoms with E-state index in [4.69, 9.17) is 0 Å². The molecule has 3 aromatic rings. The molecular formula is C21H19FN2O. The molecule has 0 unspecified atom stereocenters. The Morgan fingerprint density at radius 1 is 0.960 bits per heavy atom. The third-order valence-corrected chi connectivity index (χ3v) is 4.05. The number of halogens is 1. The Labute approximate surface area is 146 Å². The standard InChI is InChI=1S/C21H19FN2O/c1-2-16-10-12-17(13-11-16)15-24(20-9-5-6-14-23-20)21(25)18-7-3-4-8-19(18)22/h3-14H,2,15H2,1H3. The zero-order valence-corrected chi connectivity index (χ0v) is 14.0. The molecule has 0 bridgehead atoms. The predicted molar refractivity (Wildman–Crippen MR) is 97.0 cm³/mol. The Bertz CT molecular complexity index is 847. The van der Waals surface area contributed by atoms with Gasteiger partial charge in [0.1, 0.15) is 11.6 Å². The van der Waals surface area contributed by atoms with Gasteiger partial charge in [-0.1, -0.05) is 49.4 Å². The summed E-state index contributed by atoms with van der Waals surface area (Å²) in [5.41, 5.74) is 2.24. The van der Waals surface area contributed by atoms with Crippen molar-refractivity contribution >= 4 is 11.7 Å². The van der Waals surface area contributed by atoms with Gasteiger partial charge in [0.2, 0.25) is 0 Å². The lowest BCUT2D eigenvalue weighted by molar-refractivity contribution is 0.0980. The van der Waals surface area contributed by atoms with Gasteiger partial charge in [0.25, 0.3) is 5.91 Å². The second kappa shape index (κ2) is 7.71. The van der Waals surface area contributed by atoms with Crippen molar-refractivity contribution in [3.05, 3.63) is 95.4 Å². The molecule has 2 aromatic carbocycles. The van der Waals surface area contributed by atoms with Gasteiger partial charge < -0.3 is 0 Å². The molecule has 0 aliphatic carbocycles. The number of pyridine rings is 1. The fourth-order valence-corrected chi connectivity index (χ4v) is 2.61. The summed E-state index contributed by atoms with van der Waals surface area (Å²) in [6.07, 6.45) is 2.58. The van der Waals surface area contributed by atoms with Crippen LogP contribution in [0.5, 0.6) is 0 Å². The van der Waals surface area contributed by atoms with Crippen LogP contribution in [-0.4, -0.2) is 10.9 Å². The van der Waals surface area contributed by atoms with Crippen LogP contribution in [0.1, 0.15) is 28.4 Å². The highest BCUT2D eigenvalue weighted by atomic mass is 19.1. The lowest BCUT2D eigenvalue weighted by Crippen LogP contribution is -2.31. The number of hydrogen-bond donors (Lipinski definition) is 0. The zero-order chi connectivity index (χ0) is 17.6. The van der Waals surface area contributed by atoms with E-state index in [9.17, 15) is 9.18 Å². The minimum Gasteiger partial charge on any atom is -0.288 e. The number of rotatable bonds is 5. The van der Waals surface area contributed by atoms with Gasteiger partial charge in [-0.05, 0) is 41.8 Å². The van der Waals surface area contributed by atoms with Crippen LogP contribution in [-0.2, 0) is 13.0 Å². The van der Waals surface area contributed by atoms with Gasteiger partial charge in [0.15, 0.2) is 0 Å². The minimum absolute atomic E-state index is 0.0401. The maximum atomic E-state index is 14.1. The van der Waals surface area contributed by atoms with Gasteiger partial charge in [-0.2, -0.15) is 0 Å². The van der Waals surface area contributed by atoms with Crippen LogP contribution in [0.25, 0.3) is 0 Å². The number of carbonyl (C=O) groups excluding carboxylic acids is 1. The average Bonchev–Trinajstić information content (AvgIpc) is 2.67. The largest absolute Gasteiger partial charge is 0.288 e. The second-order valence-electron chi connectivity index (χ2n) is 5.73. The average molecular weight is 334 g/mol. The van der Waals surface area contributed by atoms with Crippen LogP contribution >= 0.6 is 0 Å². The smallest absolute Gasteiger partial charge is 0.262 e. The fourth-order valence-electron chi connectivity index (χ4n) is 2.61. The van der Waals surface area contributed by atoms with Crippen molar-refractivity contribution in [2.75, 3.05) is 4.90 Å². The molecular weight excluding hydrogens is 315 g/mol. The van der Waals surface area contributed by atoms with Crippen molar-refractivity contribution in [3.8, 4) is 0 Å². The number of amides is 1. The Morgan fingerprint density at radius 3 is 2.28 bits per heavy atom. The zero-order valence-electron chi connectivity index (χ0n) is 14.0. The van der Waals surface area contributed by atoms with Gasteiger partial charge in [-0.3, -0.25) is 9.69 Å². The summed E-state index contributed by atoms with van der Waals surface area (Å²) < 4.78 is 14.1. The van der Waals surface area contributed by atoms with Gasteiger partial charge in [-0.25, -0.2) is 9.37 Å². The molecule has 0 N–H and O–H groups in total. The van der Waals surface area contributed by atoms with E-state index in [1.807, 2.05) is 30.3 Å². The molecule has 3 rings (SSSR count). The van der Waals surface area contributed by atoms with Crippen LogP contribution < -0.4 is 4.90 Å². The van der Waals surface area contributed by atoms with Crippen LogP contribution in [0.2, 0.25) is 0 Å². The van der Waals surface area contributed by atoms with E-state index in [0.717, 1.165) is 12.0 Å². The molecule has 4 heteroatoms. The Kier molecular flexibility index (Phi) is 5.19. The Balaban J connectivity index is 1.95. The lowest BCUT2D eigenvalue weighted by Gasteiger charge is -2.22. The van der Waals surface area contributed by atoms with E-state index in [-0.39, 0.29) is 5.56 Å². The molecule has 0 radical (unpaired) electrons. The summed E-state index contributed by atoms with van der Waals surface area (Å²) in [7, 11) is 0. The molecule has 3 nitrogen and oxygen atoms in total. The van der Waals surface area contributed by atoms with Crippen LogP contribution in [0.3, 0.4) is 0 Å². The van der Waals surface area contributed by atoms with E-state index in [1.165, 1.54) is 22.6 Å². The molecule has 0 saturated heterocycles. The summed E-state index contributed by atoms with van der Waals surface area (Å²) in [5, 5.41) is 0. The van der Waals surface area contributed by atoms with E-state index < -0.39 is 11.7 Å². The first-order valence-electron chi connectivity index (χ1n) is 8.24. The second-order valence-corrected chi connectivity index (χ2v) is 5.73. The molecule has 25 heavy (non-hydrogen) atoms. The van der Waals surface area contributed by atoms with Gasteiger partial charge in [0.05, 0.1) is 12.1 Å². The van der Waals surface area contributed by atoms with Crippen molar-refractivity contribution in [2.24, 2.45) is 0 Å². The monoisotopic (exact) mass is 334 g/mol. The van der Waals surface area contributed by atoms with Crippen molar-refractivity contribution < 1.29 is 9.18 Å². The van der Waals surface area contributed by atoms with Gasteiger partial charge >= 0.3 is 0 Å². The normalized spacial score (nSPS) is 10.5. The predicted octanol–water partition coefficient (Wildman–Crippen LogP) is 4.63. The van der Waals surface area contributed by atoms with E-state index in [2.05, 4.69) is 11.9 Å². The van der Waals surface area contributed by atoms with Crippen molar-refractivity contribution in [2.45, 2.75) is 19.9 Å². The van der Waals surface area contributed by atoms with Crippen LogP contribution in [0.15, 0.2) is 72.9 Å². The summed E-state index contributed by atoms with van der Waals surface area (Å²) in [5.74, 6) is -0.443. The minimum atomic E-state index is -0.533. The molecule has 0 atom stereocenters. The van der Waals surface area contributed by atoms with Crippen LogP contribution in [0.4, 0.5) is 10.2 Å². The molecule has 0 aliphatic rings. The third kappa shape index (κ3) is 3.91. The first-order chi connectivity index (χ1) is 12.2. The van der Waals surface area contributed by atoms with Gasteiger partial charge in [0, 0.05) is 6.20 Å². The number of aryl methyl sites for hydroxylation is 1. The number of carbonyl (C=O) groups is 1. The van der Waals surface area contributed by atoms with Crippen LogP contribution in [0, 0.1) is 5.82 Å². The number of anilines is 1. The van der Waals surface area contributed by atoms with Crippen molar-refractivity contribution in [1.29, 1.82) is 0 Å². The SMILES string of the molecule is CCc1ccc(CN(C(=O)c2ccccc2F)c2ccccn2)cc1. The lowest BCUT2D eigenvalue weighted by atomic mass is 10.1. The Hall–Kier alpha value is -3.01. The van der Waals surface area contributed by atoms with Crippen molar-refractivity contribution in [3.63, 3.8) is 0 Å². The number of hydrogen-bond acceptors (Lipinski definition) is 2. The molecule has 0 saturated carbocycles. The van der Waals surface area contributed by atoms with E-state index in [1.54, 1.807) is 30.5 Å². The van der Waals surface area contributed by atoms with E-state index >= 15 is 0 Å². The maximum absolute atomic E-state index is 14.1. The number of nitrogens with zero attached hydrogens (tertiary/aromatic N) is 2. The summed E-state index contributed by atoms with van der Waals surface area (Å²) in [6, 6.07) is 19.4. The summed E-state index contributed by atoms with van der Waals surface area (Å²) in [4.78, 5) is 18.7. The number of benzene rings is 2. The highest BCUT2D eigenvalue weighted by molar-refractivity contribution is 6.05. The highest BCUT2D eigenvalue weighted by Gasteiger charge is 2.21. The first-order valence-corrected chi connectivity index (χ1v) is 8.24.